The van der Waals surface area contributed by atoms with Gasteiger partial charge in [-0.15, -0.1) is 11.3 Å². The van der Waals surface area contributed by atoms with E-state index >= 15 is 0 Å². The molecule has 2 N–H and O–H groups in total. The molecule has 5 heteroatoms. The van der Waals surface area contributed by atoms with E-state index < -0.39 is 0 Å². The van der Waals surface area contributed by atoms with Gasteiger partial charge >= 0.3 is 0 Å². The van der Waals surface area contributed by atoms with Gasteiger partial charge in [0.15, 0.2) is 0 Å². The van der Waals surface area contributed by atoms with Crippen molar-refractivity contribution >= 4 is 27.4 Å². The molecule has 2 aliphatic rings. The second-order valence-electron chi connectivity index (χ2n) is 9.24. The van der Waals surface area contributed by atoms with Crippen LogP contribution in [0.25, 0.3) is 10.2 Å². The summed E-state index contributed by atoms with van der Waals surface area (Å²) in [7, 11) is 0. The Bertz CT molecular complexity index is 1030. The number of hydrogen-bond donors (Lipinski definition) is 1. The van der Waals surface area contributed by atoms with Crippen LogP contribution < -0.4 is 5.73 Å². The molecule has 0 amide bonds. The number of thiophene rings is 1. The topological polar surface area (TPSA) is 55.0 Å². The van der Waals surface area contributed by atoms with Gasteiger partial charge in [-0.05, 0) is 69.0 Å². The zero-order valence-electron chi connectivity index (χ0n) is 17.4. The van der Waals surface area contributed by atoms with E-state index in [1.54, 1.807) is 0 Å². The highest BCUT2D eigenvalue weighted by Crippen LogP contribution is 2.40. The Morgan fingerprint density at radius 2 is 2.07 bits per heavy atom. The quantitative estimate of drug-likeness (QED) is 0.663. The average molecular weight is 407 g/mol. The first-order valence-electron chi connectivity index (χ1n) is 10.9. The largest absolute Gasteiger partial charge is 0.383 e. The number of rotatable bonds is 4. The Morgan fingerprint density at radius 3 is 2.90 bits per heavy atom. The zero-order valence-corrected chi connectivity index (χ0v) is 18.3. The van der Waals surface area contributed by atoms with Crippen LogP contribution in [0.15, 0.2) is 30.3 Å². The number of nitrogens with two attached hydrogens (primary N) is 1. The number of fused-ring (bicyclic) bond motifs is 3. The monoisotopic (exact) mass is 406 g/mol. The van der Waals surface area contributed by atoms with E-state index in [4.69, 9.17) is 15.7 Å². The molecule has 0 spiro atoms. The molecular weight excluding hydrogens is 376 g/mol. The van der Waals surface area contributed by atoms with Crippen LogP contribution in [-0.4, -0.2) is 27.0 Å². The first-order chi connectivity index (χ1) is 14.0. The number of anilines is 1. The van der Waals surface area contributed by atoms with E-state index in [0.29, 0.717) is 5.82 Å². The van der Waals surface area contributed by atoms with Gasteiger partial charge in [-0.2, -0.15) is 0 Å². The Kier molecular flexibility index (Phi) is 4.83. The van der Waals surface area contributed by atoms with Gasteiger partial charge in [0.25, 0.3) is 0 Å². The maximum atomic E-state index is 6.46. The average Bonchev–Trinajstić information content (AvgIpc) is 3.22. The molecule has 2 aromatic heterocycles. The molecule has 2 atom stereocenters. The number of aromatic nitrogens is 2. The standard InChI is InChI=1S/C24H30N4S/c1-16-9-10-18-19(13-16)29-23-21(18)22(25)26-20(27-23)15-28-12-6-11-24(28,2)14-17-7-4-3-5-8-17/h3-5,7-8,16H,6,9-15H2,1-2H3,(H2,25,26,27). The third-order valence-electron chi connectivity index (χ3n) is 6.90. The number of nitrogen functional groups attached to an aromatic ring is 1. The van der Waals surface area contributed by atoms with Gasteiger partial charge in [-0.25, -0.2) is 9.97 Å². The fourth-order valence-corrected chi connectivity index (χ4v) is 6.65. The number of aryl methyl sites for hydroxylation is 1. The van der Waals surface area contributed by atoms with Crippen molar-refractivity contribution in [1.82, 2.24) is 14.9 Å². The Morgan fingerprint density at radius 1 is 1.24 bits per heavy atom. The summed E-state index contributed by atoms with van der Waals surface area (Å²) >= 11 is 1.84. The minimum atomic E-state index is 0.151. The maximum absolute atomic E-state index is 6.46. The Labute approximate surface area is 177 Å². The van der Waals surface area contributed by atoms with Crippen molar-refractivity contribution in [3.05, 3.63) is 52.2 Å². The highest BCUT2D eigenvalue weighted by Gasteiger charge is 2.37. The maximum Gasteiger partial charge on any atom is 0.146 e. The minimum absolute atomic E-state index is 0.151. The Balaban J connectivity index is 1.42. The molecule has 4 nitrogen and oxygen atoms in total. The lowest BCUT2D eigenvalue weighted by molar-refractivity contribution is 0.143. The first-order valence-corrected chi connectivity index (χ1v) is 11.7. The molecule has 3 aromatic rings. The van der Waals surface area contributed by atoms with E-state index in [0.717, 1.165) is 54.3 Å². The molecule has 1 aliphatic carbocycles. The van der Waals surface area contributed by atoms with Gasteiger partial charge in [0.1, 0.15) is 16.5 Å². The van der Waals surface area contributed by atoms with Gasteiger partial charge in [0.05, 0.1) is 11.9 Å². The summed E-state index contributed by atoms with van der Waals surface area (Å²) in [6, 6.07) is 10.8. The molecule has 1 saturated heterocycles. The molecule has 1 aromatic carbocycles. The second kappa shape index (κ2) is 7.37. The van der Waals surface area contributed by atoms with Crippen LogP contribution in [-0.2, 0) is 25.8 Å². The lowest BCUT2D eigenvalue weighted by atomic mass is 9.89. The van der Waals surface area contributed by atoms with Crippen LogP contribution in [0.3, 0.4) is 0 Å². The highest BCUT2D eigenvalue weighted by atomic mass is 32.1. The van der Waals surface area contributed by atoms with Crippen molar-refractivity contribution in [2.75, 3.05) is 12.3 Å². The fraction of sp³-hybridized carbons (Fsp3) is 0.500. The molecule has 29 heavy (non-hydrogen) atoms. The van der Waals surface area contributed by atoms with E-state index in [-0.39, 0.29) is 5.54 Å². The lowest BCUT2D eigenvalue weighted by Gasteiger charge is -2.35. The number of benzene rings is 1. The molecule has 1 aliphatic heterocycles. The van der Waals surface area contributed by atoms with Crippen LogP contribution in [0.4, 0.5) is 5.82 Å². The predicted octanol–water partition coefficient (Wildman–Crippen LogP) is 5.00. The molecule has 2 unspecified atom stereocenters. The van der Waals surface area contributed by atoms with E-state index in [1.165, 1.54) is 35.3 Å². The van der Waals surface area contributed by atoms with Gasteiger partial charge in [-0.1, -0.05) is 37.3 Å². The van der Waals surface area contributed by atoms with Crippen molar-refractivity contribution in [3.8, 4) is 0 Å². The van der Waals surface area contributed by atoms with Gasteiger partial charge < -0.3 is 5.73 Å². The molecular formula is C24H30N4S. The number of likely N-dealkylation sites (tertiary alicyclic amines) is 1. The highest BCUT2D eigenvalue weighted by molar-refractivity contribution is 7.19. The van der Waals surface area contributed by atoms with Gasteiger partial charge in [-0.3, -0.25) is 4.90 Å². The molecule has 0 bridgehead atoms. The van der Waals surface area contributed by atoms with Crippen molar-refractivity contribution < 1.29 is 0 Å². The minimum Gasteiger partial charge on any atom is -0.383 e. The number of hydrogen-bond acceptors (Lipinski definition) is 5. The third kappa shape index (κ3) is 3.55. The van der Waals surface area contributed by atoms with Crippen LogP contribution in [0.1, 0.15) is 54.9 Å². The fourth-order valence-electron chi connectivity index (χ4n) is 5.24. The molecule has 5 rings (SSSR count). The summed E-state index contributed by atoms with van der Waals surface area (Å²) in [4.78, 5) is 14.9. The summed E-state index contributed by atoms with van der Waals surface area (Å²) in [6.07, 6.45) is 7.02. The second-order valence-corrected chi connectivity index (χ2v) is 10.3. The summed E-state index contributed by atoms with van der Waals surface area (Å²) in [5.74, 6) is 2.32. The SMILES string of the molecule is CC1CCc2c(sc3nc(CN4CCCC4(C)Cc4ccccc4)nc(N)c23)C1. The zero-order chi connectivity index (χ0) is 20.0. The van der Waals surface area contributed by atoms with Crippen molar-refractivity contribution in [2.45, 2.75) is 64.5 Å². The summed E-state index contributed by atoms with van der Waals surface area (Å²) < 4.78 is 0. The lowest BCUT2D eigenvalue weighted by Crippen LogP contribution is -2.42. The predicted molar refractivity (Wildman–Crippen MR) is 121 cm³/mol. The Hall–Kier alpha value is -1.98. The van der Waals surface area contributed by atoms with E-state index in [1.807, 2.05) is 11.3 Å². The van der Waals surface area contributed by atoms with Crippen molar-refractivity contribution in [2.24, 2.45) is 5.92 Å². The molecule has 1 fully saturated rings. The normalized spacial score (nSPS) is 24.8. The van der Waals surface area contributed by atoms with Crippen LogP contribution >= 0.6 is 11.3 Å². The third-order valence-corrected chi connectivity index (χ3v) is 8.04. The van der Waals surface area contributed by atoms with Crippen molar-refractivity contribution in [1.29, 1.82) is 0 Å². The van der Waals surface area contributed by atoms with Crippen LogP contribution in [0.5, 0.6) is 0 Å². The van der Waals surface area contributed by atoms with Gasteiger partial charge in [0, 0.05) is 10.4 Å². The van der Waals surface area contributed by atoms with E-state index in [2.05, 4.69) is 49.1 Å². The summed E-state index contributed by atoms with van der Waals surface area (Å²) in [5, 5.41) is 1.13. The number of nitrogens with zero attached hydrogens (tertiary/aromatic N) is 3. The van der Waals surface area contributed by atoms with E-state index in [9.17, 15) is 0 Å². The molecule has 152 valence electrons. The van der Waals surface area contributed by atoms with Crippen molar-refractivity contribution in [3.63, 3.8) is 0 Å². The van der Waals surface area contributed by atoms with Crippen LogP contribution in [0, 0.1) is 5.92 Å². The first kappa shape index (κ1) is 19.0. The molecule has 0 radical (unpaired) electrons. The van der Waals surface area contributed by atoms with Crippen LogP contribution in [0.2, 0.25) is 0 Å². The smallest absolute Gasteiger partial charge is 0.146 e. The summed E-state index contributed by atoms with van der Waals surface area (Å²) in [6.45, 7) is 6.61. The molecule has 3 heterocycles. The summed E-state index contributed by atoms with van der Waals surface area (Å²) in [5.41, 5.74) is 9.43. The molecule has 0 saturated carbocycles. The van der Waals surface area contributed by atoms with Gasteiger partial charge in [0.2, 0.25) is 0 Å².